The number of carbonyl (C=O) groups excluding carboxylic acids is 1. The summed E-state index contributed by atoms with van der Waals surface area (Å²) in [4.78, 5) is 27.0. The van der Waals surface area contributed by atoms with Crippen molar-refractivity contribution in [3.8, 4) is 5.69 Å². The highest BCUT2D eigenvalue weighted by Crippen LogP contribution is 2.21. The van der Waals surface area contributed by atoms with Crippen molar-refractivity contribution in [2.24, 2.45) is 5.92 Å². The minimum atomic E-state index is -0.308. The second kappa shape index (κ2) is 8.27. The van der Waals surface area contributed by atoms with Crippen LogP contribution >= 0.6 is 0 Å². The summed E-state index contributed by atoms with van der Waals surface area (Å²) in [5.41, 5.74) is 1.25. The van der Waals surface area contributed by atoms with Gasteiger partial charge in [-0.1, -0.05) is 18.2 Å². The van der Waals surface area contributed by atoms with E-state index in [4.69, 9.17) is 0 Å². The van der Waals surface area contributed by atoms with Gasteiger partial charge in [0.1, 0.15) is 0 Å². The molecule has 1 N–H and O–H groups in total. The molecule has 1 fully saturated rings. The molecule has 1 aromatic carbocycles. The van der Waals surface area contributed by atoms with E-state index < -0.39 is 0 Å². The number of aromatic nitrogens is 2. The smallest absolute Gasteiger partial charge is 0.278 e. The zero-order chi connectivity index (χ0) is 18.5. The first kappa shape index (κ1) is 18.3. The molecule has 3 rings (SSSR count). The van der Waals surface area contributed by atoms with Gasteiger partial charge in [-0.15, -0.1) is 0 Å². The van der Waals surface area contributed by atoms with E-state index in [-0.39, 0.29) is 17.0 Å². The van der Waals surface area contributed by atoms with Gasteiger partial charge >= 0.3 is 0 Å². The SMILES string of the molecule is CNCCC1CCN(C(=O)c2nn(-c3ccccc3)c(C)cc2=O)CC1. The Morgan fingerprint density at radius 1 is 1.23 bits per heavy atom. The number of piperidine rings is 1. The van der Waals surface area contributed by atoms with Gasteiger partial charge in [0, 0.05) is 24.8 Å². The van der Waals surface area contributed by atoms with E-state index in [0.717, 1.165) is 31.5 Å². The Kier molecular flexibility index (Phi) is 5.83. The molecule has 0 bridgehead atoms. The lowest BCUT2D eigenvalue weighted by Crippen LogP contribution is -2.41. The number of benzene rings is 1. The van der Waals surface area contributed by atoms with Gasteiger partial charge < -0.3 is 10.2 Å². The lowest BCUT2D eigenvalue weighted by molar-refractivity contribution is 0.0677. The largest absolute Gasteiger partial charge is 0.337 e. The Bertz CT molecular complexity index is 808. The van der Waals surface area contributed by atoms with Crippen LogP contribution in [-0.2, 0) is 0 Å². The number of nitrogens with zero attached hydrogens (tertiary/aromatic N) is 3. The van der Waals surface area contributed by atoms with E-state index in [2.05, 4.69) is 10.4 Å². The summed E-state index contributed by atoms with van der Waals surface area (Å²) in [5, 5.41) is 7.56. The Labute approximate surface area is 153 Å². The van der Waals surface area contributed by atoms with Crippen LogP contribution in [0.15, 0.2) is 41.2 Å². The topological polar surface area (TPSA) is 67.2 Å². The van der Waals surface area contributed by atoms with Gasteiger partial charge in [0.05, 0.1) is 5.69 Å². The molecule has 0 radical (unpaired) electrons. The average Bonchev–Trinajstić information content (AvgIpc) is 2.67. The summed E-state index contributed by atoms with van der Waals surface area (Å²) in [6.45, 7) is 4.20. The van der Waals surface area contributed by atoms with Crippen LogP contribution in [0.2, 0.25) is 0 Å². The normalized spacial score (nSPS) is 15.2. The Morgan fingerprint density at radius 3 is 2.58 bits per heavy atom. The van der Waals surface area contributed by atoms with Crippen LogP contribution in [0.25, 0.3) is 5.69 Å². The third-order valence-electron chi connectivity index (χ3n) is 5.02. The van der Waals surface area contributed by atoms with Crippen molar-refractivity contribution in [3.05, 3.63) is 58.0 Å². The van der Waals surface area contributed by atoms with Crippen molar-refractivity contribution in [1.29, 1.82) is 0 Å². The van der Waals surface area contributed by atoms with Crippen molar-refractivity contribution in [2.45, 2.75) is 26.2 Å². The van der Waals surface area contributed by atoms with Crippen molar-refractivity contribution in [2.75, 3.05) is 26.7 Å². The standard InChI is InChI=1S/C20H26N4O2/c1-15-14-18(25)19(22-24(15)17-6-4-3-5-7-17)20(26)23-12-9-16(10-13-23)8-11-21-2/h3-7,14,16,21H,8-13H2,1-2H3. The van der Waals surface area contributed by atoms with Gasteiger partial charge in [0.2, 0.25) is 5.43 Å². The average molecular weight is 354 g/mol. The lowest BCUT2D eigenvalue weighted by atomic mass is 9.93. The second-order valence-corrected chi connectivity index (χ2v) is 6.87. The van der Waals surface area contributed by atoms with E-state index in [1.165, 1.54) is 6.07 Å². The molecule has 0 saturated carbocycles. The fraction of sp³-hybridized carbons (Fsp3) is 0.450. The van der Waals surface area contributed by atoms with Gasteiger partial charge in [-0.2, -0.15) is 5.10 Å². The van der Waals surface area contributed by atoms with Crippen molar-refractivity contribution < 1.29 is 4.79 Å². The molecule has 0 aliphatic carbocycles. The molecule has 0 spiro atoms. The Hall–Kier alpha value is -2.47. The van der Waals surface area contributed by atoms with Crippen molar-refractivity contribution >= 4 is 5.91 Å². The Morgan fingerprint density at radius 2 is 1.92 bits per heavy atom. The van der Waals surface area contributed by atoms with Crippen molar-refractivity contribution in [1.82, 2.24) is 20.0 Å². The molecule has 26 heavy (non-hydrogen) atoms. The first-order valence-electron chi connectivity index (χ1n) is 9.20. The summed E-state index contributed by atoms with van der Waals surface area (Å²) in [5.74, 6) is 0.380. The fourth-order valence-corrected chi connectivity index (χ4v) is 3.45. The molecule has 1 aliphatic rings. The molecule has 6 nitrogen and oxygen atoms in total. The van der Waals surface area contributed by atoms with E-state index >= 15 is 0 Å². The van der Waals surface area contributed by atoms with Crippen LogP contribution in [0.3, 0.4) is 0 Å². The number of rotatable bonds is 5. The highest BCUT2D eigenvalue weighted by atomic mass is 16.2. The molecule has 2 heterocycles. The summed E-state index contributed by atoms with van der Waals surface area (Å²) in [6, 6.07) is 11.1. The van der Waals surface area contributed by atoms with E-state index in [0.29, 0.717) is 24.7 Å². The molecule has 1 aromatic heterocycles. The van der Waals surface area contributed by atoms with Gasteiger partial charge in [-0.25, -0.2) is 4.68 Å². The van der Waals surface area contributed by atoms with Crippen LogP contribution in [0, 0.1) is 12.8 Å². The minimum absolute atomic E-state index is 0.00753. The van der Waals surface area contributed by atoms with Crippen LogP contribution in [0.1, 0.15) is 35.4 Å². The number of likely N-dealkylation sites (tertiary alicyclic amines) is 1. The van der Waals surface area contributed by atoms with Crippen molar-refractivity contribution in [3.63, 3.8) is 0 Å². The van der Waals surface area contributed by atoms with Crippen LogP contribution in [0.4, 0.5) is 0 Å². The van der Waals surface area contributed by atoms with Crippen LogP contribution in [-0.4, -0.2) is 47.3 Å². The number of nitrogens with one attached hydrogen (secondary N) is 1. The maximum atomic E-state index is 12.9. The highest BCUT2D eigenvalue weighted by Gasteiger charge is 2.26. The van der Waals surface area contributed by atoms with E-state index in [1.807, 2.05) is 44.3 Å². The van der Waals surface area contributed by atoms with Gasteiger partial charge in [-0.3, -0.25) is 9.59 Å². The van der Waals surface area contributed by atoms with Gasteiger partial charge in [-0.05, 0) is 57.8 Å². The third-order valence-corrected chi connectivity index (χ3v) is 5.02. The predicted octanol–water partition coefficient (Wildman–Crippen LogP) is 2.00. The first-order valence-corrected chi connectivity index (χ1v) is 9.20. The number of para-hydroxylation sites is 1. The lowest BCUT2D eigenvalue weighted by Gasteiger charge is -2.31. The summed E-state index contributed by atoms with van der Waals surface area (Å²) in [7, 11) is 1.96. The van der Waals surface area contributed by atoms with Gasteiger partial charge in [0.25, 0.3) is 5.91 Å². The fourth-order valence-electron chi connectivity index (χ4n) is 3.45. The number of carbonyl (C=O) groups is 1. The molecule has 1 saturated heterocycles. The zero-order valence-electron chi connectivity index (χ0n) is 15.4. The number of hydrogen-bond acceptors (Lipinski definition) is 4. The van der Waals surface area contributed by atoms with Crippen LogP contribution < -0.4 is 10.7 Å². The Balaban J connectivity index is 1.79. The quantitative estimate of drug-likeness (QED) is 0.892. The van der Waals surface area contributed by atoms with E-state index in [9.17, 15) is 9.59 Å². The molecule has 1 aliphatic heterocycles. The molecule has 1 amide bonds. The third kappa shape index (κ3) is 4.02. The van der Waals surface area contributed by atoms with Gasteiger partial charge in [0.15, 0.2) is 5.69 Å². The summed E-state index contributed by atoms with van der Waals surface area (Å²) >= 11 is 0. The summed E-state index contributed by atoms with van der Waals surface area (Å²) < 4.78 is 1.66. The minimum Gasteiger partial charge on any atom is -0.337 e. The number of amides is 1. The molecule has 6 heteroatoms. The predicted molar refractivity (Wildman–Crippen MR) is 102 cm³/mol. The second-order valence-electron chi connectivity index (χ2n) is 6.87. The molecular formula is C20H26N4O2. The number of aryl methyl sites for hydroxylation is 1. The molecule has 0 atom stereocenters. The van der Waals surface area contributed by atoms with Crippen LogP contribution in [0.5, 0.6) is 0 Å². The molecule has 2 aromatic rings. The summed E-state index contributed by atoms with van der Waals surface area (Å²) in [6.07, 6.45) is 3.08. The maximum Gasteiger partial charge on any atom is 0.278 e. The monoisotopic (exact) mass is 354 g/mol. The highest BCUT2D eigenvalue weighted by molar-refractivity contribution is 5.92. The maximum absolute atomic E-state index is 12.9. The first-order chi connectivity index (χ1) is 12.6. The molecule has 138 valence electrons. The number of hydrogen-bond donors (Lipinski definition) is 1. The van der Waals surface area contributed by atoms with E-state index in [1.54, 1.807) is 9.58 Å². The molecular weight excluding hydrogens is 328 g/mol. The molecule has 0 unspecified atom stereocenters. The zero-order valence-corrected chi connectivity index (χ0v) is 15.4.